The monoisotopic (exact) mass is 275 g/mol. The van der Waals surface area contributed by atoms with Crippen molar-refractivity contribution in [2.24, 2.45) is 0 Å². The summed E-state index contributed by atoms with van der Waals surface area (Å²) in [7, 11) is -3.37. The van der Waals surface area contributed by atoms with Crippen LogP contribution in [0.15, 0.2) is 29.2 Å². The molecule has 0 aliphatic rings. The Hall–Kier alpha value is -0.580. The Morgan fingerprint density at radius 2 is 1.88 bits per heavy atom. The van der Waals surface area contributed by atoms with E-state index in [0.717, 1.165) is 18.4 Å². The van der Waals surface area contributed by atoms with Gasteiger partial charge < -0.3 is 0 Å². The average Bonchev–Trinajstić information content (AvgIpc) is 2.25. The predicted octanol–water partition coefficient (Wildman–Crippen LogP) is 2.68. The number of hydrogen-bond acceptors (Lipinski definition) is 2. The first-order valence-electron chi connectivity index (χ1n) is 5.62. The Labute approximate surface area is 108 Å². The molecule has 0 fully saturated rings. The van der Waals surface area contributed by atoms with E-state index in [1.165, 1.54) is 0 Å². The van der Waals surface area contributed by atoms with E-state index in [-0.39, 0.29) is 5.38 Å². The Morgan fingerprint density at radius 3 is 2.41 bits per heavy atom. The van der Waals surface area contributed by atoms with Crippen molar-refractivity contribution in [3.05, 3.63) is 29.8 Å². The van der Waals surface area contributed by atoms with Crippen molar-refractivity contribution >= 4 is 21.6 Å². The van der Waals surface area contributed by atoms with E-state index in [0.29, 0.717) is 11.4 Å². The molecule has 1 unspecified atom stereocenters. The minimum atomic E-state index is -3.37. The van der Waals surface area contributed by atoms with E-state index >= 15 is 0 Å². The lowest BCUT2D eigenvalue weighted by Gasteiger charge is -2.07. The fourth-order valence-electron chi connectivity index (χ4n) is 1.39. The summed E-state index contributed by atoms with van der Waals surface area (Å²) in [6.45, 7) is 4.25. The molecule has 0 aromatic heterocycles. The quantitative estimate of drug-likeness (QED) is 0.641. The number of benzene rings is 1. The number of sulfonamides is 1. The van der Waals surface area contributed by atoms with Gasteiger partial charge in [-0.25, -0.2) is 13.1 Å². The molecule has 0 heterocycles. The molecule has 0 bridgehead atoms. The molecular formula is C12H18ClNO2S. The minimum absolute atomic E-state index is 0.0823. The maximum absolute atomic E-state index is 11.8. The third-order valence-corrected chi connectivity index (χ3v) is 4.10. The maximum Gasteiger partial charge on any atom is 0.240 e. The summed E-state index contributed by atoms with van der Waals surface area (Å²) in [6.07, 6.45) is 1.55. The van der Waals surface area contributed by atoms with Gasteiger partial charge in [0.05, 0.1) is 4.90 Å². The highest BCUT2D eigenvalue weighted by molar-refractivity contribution is 7.89. The van der Waals surface area contributed by atoms with Gasteiger partial charge in [-0.3, -0.25) is 0 Å². The van der Waals surface area contributed by atoms with Gasteiger partial charge in [-0.1, -0.05) is 17.7 Å². The molecule has 1 rings (SSSR count). The van der Waals surface area contributed by atoms with Crippen LogP contribution in [-0.2, 0) is 10.0 Å². The zero-order valence-corrected chi connectivity index (χ0v) is 11.7. The van der Waals surface area contributed by atoms with Crippen LogP contribution in [0.5, 0.6) is 0 Å². The van der Waals surface area contributed by atoms with E-state index in [4.69, 9.17) is 11.6 Å². The number of aryl methyl sites for hydroxylation is 1. The molecule has 0 aliphatic carbocycles. The van der Waals surface area contributed by atoms with Crippen LogP contribution in [0, 0.1) is 6.92 Å². The van der Waals surface area contributed by atoms with Gasteiger partial charge in [-0.05, 0) is 38.8 Å². The third kappa shape index (κ3) is 5.06. The Kier molecular flexibility index (Phi) is 5.43. The molecule has 17 heavy (non-hydrogen) atoms. The number of nitrogens with one attached hydrogen (secondary N) is 1. The maximum atomic E-state index is 11.8. The van der Waals surface area contributed by atoms with E-state index in [1.54, 1.807) is 24.3 Å². The Morgan fingerprint density at radius 1 is 1.29 bits per heavy atom. The summed E-state index contributed by atoms with van der Waals surface area (Å²) in [5, 5.41) is 0.0823. The number of hydrogen-bond donors (Lipinski definition) is 1. The summed E-state index contributed by atoms with van der Waals surface area (Å²) in [5.74, 6) is 0. The Balaban J connectivity index is 2.54. The summed E-state index contributed by atoms with van der Waals surface area (Å²) in [6, 6.07) is 6.80. The molecule has 5 heteroatoms. The third-order valence-electron chi connectivity index (χ3n) is 2.40. The van der Waals surface area contributed by atoms with E-state index in [9.17, 15) is 8.42 Å². The SMILES string of the molecule is Cc1ccc(S(=O)(=O)NCCCC(C)Cl)cc1. The van der Waals surface area contributed by atoms with Crippen molar-refractivity contribution in [3.8, 4) is 0 Å². The van der Waals surface area contributed by atoms with Crippen molar-refractivity contribution in [1.29, 1.82) is 0 Å². The van der Waals surface area contributed by atoms with Crippen molar-refractivity contribution < 1.29 is 8.42 Å². The summed E-state index contributed by atoms with van der Waals surface area (Å²) in [5.41, 5.74) is 1.04. The first-order chi connectivity index (χ1) is 7.92. The van der Waals surface area contributed by atoms with Crippen LogP contribution in [0.3, 0.4) is 0 Å². The molecule has 96 valence electrons. The minimum Gasteiger partial charge on any atom is -0.211 e. The highest BCUT2D eigenvalue weighted by atomic mass is 35.5. The standard InChI is InChI=1S/C12H18ClNO2S/c1-10-5-7-12(8-6-10)17(15,16)14-9-3-4-11(2)13/h5-8,11,14H,3-4,9H2,1-2H3. The molecule has 3 nitrogen and oxygen atoms in total. The van der Waals surface area contributed by atoms with Crippen LogP contribution >= 0.6 is 11.6 Å². The van der Waals surface area contributed by atoms with Crippen molar-refractivity contribution in [2.75, 3.05) is 6.54 Å². The average molecular weight is 276 g/mol. The van der Waals surface area contributed by atoms with Gasteiger partial charge in [0.1, 0.15) is 0 Å². The fraction of sp³-hybridized carbons (Fsp3) is 0.500. The van der Waals surface area contributed by atoms with Gasteiger partial charge in [0.25, 0.3) is 0 Å². The topological polar surface area (TPSA) is 46.2 Å². The lowest BCUT2D eigenvalue weighted by molar-refractivity contribution is 0.576. The summed E-state index contributed by atoms with van der Waals surface area (Å²) < 4.78 is 26.3. The predicted molar refractivity (Wildman–Crippen MR) is 70.9 cm³/mol. The highest BCUT2D eigenvalue weighted by Gasteiger charge is 2.12. The zero-order chi connectivity index (χ0) is 12.9. The van der Waals surface area contributed by atoms with Gasteiger partial charge in [0, 0.05) is 11.9 Å². The van der Waals surface area contributed by atoms with Crippen molar-refractivity contribution in [1.82, 2.24) is 4.72 Å². The zero-order valence-electron chi connectivity index (χ0n) is 10.1. The second-order valence-electron chi connectivity index (χ2n) is 4.13. The van der Waals surface area contributed by atoms with E-state index in [1.807, 2.05) is 13.8 Å². The molecular weight excluding hydrogens is 258 g/mol. The fourth-order valence-corrected chi connectivity index (χ4v) is 2.62. The molecule has 0 saturated carbocycles. The second kappa shape index (κ2) is 6.38. The van der Waals surface area contributed by atoms with Crippen molar-refractivity contribution in [2.45, 2.75) is 37.0 Å². The number of alkyl halides is 1. The summed E-state index contributed by atoms with van der Waals surface area (Å²) >= 11 is 5.78. The second-order valence-corrected chi connectivity index (χ2v) is 6.65. The Bertz CT molecular complexity index is 440. The van der Waals surface area contributed by atoms with Gasteiger partial charge >= 0.3 is 0 Å². The van der Waals surface area contributed by atoms with Crippen LogP contribution < -0.4 is 4.72 Å². The smallest absolute Gasteiger partial charge is 0.211 e. The lowest BCUT2D eigenvalue weighted by Crippen LogP contribution is -2.25. The molecule has 0 aliphatic heterocycles. The van der Waals surface area contributed by atoms with Crippen LogP contribution in [-0.4, -0.2) is 20.3 Å². The molecule has 0 saturated heterocycles. The first-order valence-corrected chi connectivity index (χ1v) is 7.54. The van der Waals surface area contributed by atoms with Crippen LogP contribution in [0.25, 0.3) is 0 Å². The lowest BCUT2D eigenvalue weighted by atomic mass is 10.2. The summed E-state index contributed by atoms with van der Waals surface area (Å²) in [4.78, 5) is 0.307. The van der Waals surface area contributed by atoms with Gasteiger partial charge in [0.2, 0.25) is 10.0 Å². The molecule has 0 spiro atoms. The molecule has 1 aromatic rings. The molecule has 1 atom stereocenters. The molecule has 1 N–H and O–H groups in total. The largest absolute Gasteiger partial charge is 0.240 e. The number of rotatable bonds is 6. The molecule has 0 amide bonds. The van der Waals surface area contributed by atoms with Crippen LogP contribution in [0.4, 0.5) is 0 Å². The normalized spacial score (nSPS) is 13.6. The van der Waals surface area contributed by atoms with Gasteiger partial charge in [-0.2, -0.15) is 0 Å². The highest BCUT2D eigenvalue weighted by Crippen LogP contribution is 2.10. The molecule has 1 aromatic carbocycles. The molecule has 0 radical (unpaired) electrons. The van der Waals surface area contributed by atoms with Gasteiger partial charge in [-0.15, -0.1) is 11.6 Å². The van der Waals surface area contributed by atoms with Crippen LogP contribution in [0.2, 0.25) is 0 Å². The van der Waals surface area contributed by atoms with Crippen LogP contribution in [0.1, 0.15) is 25.3 Å². The first kappa shape index (κ1) is 14.5. The van der Waals surface area contributed by atoms with E-state index in [2.05, 4.69) is 4.72 Å². The van der Waals surface area contributed by atoms with Gasteiger partial charge in [0.15, 0.2) is 0 Å². The van der Waals surface area contributed by atoms with E-state index < -0.39 is 10.0 Å². The van der Waals surface area contributed by atoms with Crippen molar-refractivity contribution in [3.63, 3.8) is 0 Å². The number of halogens is 1.